The van der Waals surface area contributed by atoms with E-state index < -0.39 is 0 Å². The van der Waals surface area contributed by atoms with Crippen LogP contribution in [0.15, 0.2) is 40.9 Å². The lowest BCUT2D eigenvalue weighted by atomic mass is 9.99. The SMILES string of the molecule is COc1ccc(Cl)cc1C(N)Cc1cc(F)cc(Br)c1. The number of methoxy groups -OCH3 is 1. The molecule has 0 aliphatic heterocycles. The van der Waals surface area contributed by atoms with Crippen LogP contribution < -0.4 is 10.5 Å². The second-order valence-electron chi connectivity index (χ2n) is 4.47. The fourth-order valence-electron chi connectivity index (χ4n) is 2.09. The van der Waals surface area contributed by atoms with Gasteiger partial charge in [-0.1, -0.05) is 27.5 Å². The van der Waals surface area contributed by atoms with Gasteiger partial charge in [0.25, 0.3) is 0 Å². The molecule has 2 nitrogen and oxygen atoms in total. The molecule has 0 aromatic heterocycles. The zero-order valence-electron chi connectivity index (χ0n) is 10.9. The number of halogens is 3. The van der Waals surface area contributed by atoms with Crippen LogP contribution >= 0.6 is 27.5 Å². The summed E-state index contributed by atoms with van der Waals surface area (Å²) < 4.78 is 19.4. The van der Waals surface area contributed by atoms with Gasteiger partial charge in [0.05, 0.1) is 7.11 Å². The van der Waals surface area contributed by atoms with Crippen LogP contribution in [-0.4, -0.2) is 7.11 Å². The molecule has 0 bridgehead atoms. The third kappa shape index (κ3) is 3.72. The van der Waals surface area contributed by atoms with E-state index in [2.05, 4.69) is 15.9 Å². The van der Waals surface area contributed by atoms with Crippen molar-refractivity contribution in [1.29, 1.82) is 0 Å². The molecule has 0 fully saturated rings. The Kier molecular flexibility index (Phi) is 5.02. The molecule has 20 heavy (non-hydrogen) atoms. The van der Waals surface area contributed by atoms with Crippen LogP contribution in [0.1, 0.15) is 17.2 Å². The van der Waals surface area contributed by atoms with E-state index in [9.17, 15) is 4.39 Å². The summed E-state index contributed by atoms with van der Waals surface area (Å²) in [5.41, 5.74) is 7.81. The highest BCUT2D eigenvalue weighted by molar-refractivity contribution is 9.10. The van der Waals surface area contributed by atoms with Gasteiger partial charge in [-0.15, -0.1) is 0 Å². The normalized spacial score (nSPS) is 12.2. The fraction of sp³-hybridized carbons (Fsp3) is 0.200. The number of hydrogen-bond donors (Lipinski definition) is 1. The van der Waals surface area contributed by atoms with Crippen LogP contribution in [0, 0.1) is 5.82 Å². The topological polar surface area (TPSA) is 35.2 Å². The Bertz CT molecular complexity index is 601. The molecule has 0 saturated carbocycles. The molecule has 1 unspecified atom stereocenters. The maximum Gasteiger partial charge on any atom is 0.124 e. The number of ether oxygens (including phenoxy) is 1. The second-order valence-corrected chi connectivity index (χ2v) is 5.83. The molecule has 1 atom stereocenters. The van der Waals surface area contributed by atoms with Gasteiger partial charge in [-0.05, 0) is 48.4 Å². The van der Waals surface area contributed by atoms with Crippen LogP contribution in [-0.2, 0) is 6.42 Å². The van der Waals surface area contributed by atoms with Crippen molar-refractivity contribution in [2.75, 3.05) is 7.11 Å². The van der Waals surface area contributed by atoms with Gasteiger partial charge in [-0.2, -0.15) is 0 Å². The van der Waals surface area contributed by atoms with Gasteiger partial charge in [0.15, 0.2) is 0 Å². The molecular weight excluding hydrogens is 345 g/mol. The van der Waals surface area contributed by atoms with Gasteiger partial charge in [0, 0.05) is 21.1 Å². The summed E-state index contributed by atoms with van der Waals surface area (Å²) in [7, 11) is 1.58. The fourth-order valence-corrected chi connectivity index (χ4v) is 2.78. The molecule has 2 aromatic carbocycles. The first-order valence-electron chi connectivity index (χ1n) is 6.03. The van der Waals surface area contributed by atoms with Crippen LogP contribution in [0.5, 0.6) is 5.75 Å². The highest BCUT2D eigenvalue weighted by Crippen LogP contribution is 2.29. The Morgan fingerprint density at radius 2 is 2.05 bits per heavy atom. The van der Waals surface area contributed by atoms with E-state index >= 15 is 0 Å². The lowest BCUT2D eigenvalue weighted by molar-refractivity contribution is 0.405. The van der Waals surface area contributed by atoms with Gasteiger partial charge in [0.2, 0.25) is 0 Å². The molecule has 0 amide bonds. The average molecular weight is 359 g/mol. The highest BCUT2D eigenvalue weighted by Gasteiger charge is 2.14. The molecule has 0 aliphatic carbocycles. The standard InChI is InChI=1S/C15H14BrClFNO/c1-20-15-3-2-11(17)8-13(15)14(19)6-9-4-10(16)7-12(18)5-9/h2-5,7-8,14H,6,19H2,1H3. The van der Waals surface area contributed by atoms with Crippen molar-refractivity contribution in [3.05, 3.63) is 62.8 Å². The van der Waals surface area contributed by atoms with E-state index in [0.29, 0.717) is 21.7 Å². The van der Waals surface area contributed by atoms with Gasteiger partial charge in [-0.3, -0.25) is 0 Å². The summed E-state index contributed by atoms with van der Waals surface area (Å²) in [5, 5.41) is 0.594. The van der Waals surface area contributed by atoms with Crippen molar-refractivity contribution in [1.82, 2.24) is 0 Å². The van der Waals surface area contributed by atoms with Crippen molar-refractivity contribution < 1.29 is 9.13 Å². The average Bonchev–Trinajstić information content (AvgIpc) is 2.37. The summed E-state index contributed by atoms with van der Waals surface area (Å²) in [5.74, 6) is 0.386. The molecule has 106 valence electrons. The molecule has 0 spiro atoms. The second kappa shape index (κ2) is 6.57. The molecule has 2 aromatic rings. The van der Waals surface area contributed by atoms with Crippen molar-refractivity contribution in [3.63, 3.8) is 0 Å². The van der Waals surface area contributed by atoms with Crippen molar-refractivity contribution in [2.24, 2.45) is 5.73 Å². The lowest BCUT2D eigenvalue weighted by Gasteiger charge is -2.16. The Morgan fingerprint density at radius 3 is 2.70 bits per heavy atom. The highest BCUT2D eigenvalue weighted by atomic mass is 79.9. The molecule has 2 rings (SSSR count). The van der Waals surface area contributed by atoms with E-state index in [4.69, 9.17) is 22.1 Å². The van der Waals surface area contributed by atoms with Crippen LogP contribution in [0.25, 0.3) is 0 Å². The number of hydrogen-bond acceptors (Lipinski definition) is 2. The molecule has 0 heterocycles. The van der Waals surface area contributed by atoms with Crippen molar-refractivity contribution in [3.8, 4) is 5.75 Å². The number of nitrogens with two attached hydrogens (primary N) is 1. The summed E-state index contributed by atoms with van der Waals surface area (Å²) in [6.07, 6.45) is 0.493. The van der Waals surface area contributed by atoms with Crippen LogP contribution in [0.2, 0.25) is 5.02 Å². The molecule has 2 N–H and O–H groups in total. The first-order valence-corrected chi connectivity index (χ1v) is 7.20. The summed E-state index contributed by atoms with van der Waals surface area (Å²) in [6.45, 7) is 0. The Labute approximate surface area is 130 Å². The van der Waals surface area contributed by atoms with E-state index in [0.717, 1.165) is 11.1 Å². The van der Waals surface area contributed by atoms with E-state index in [1.165, 1.54) is 12.1 Å². The van der Waals surface area contributed by atoms with E-state index in [-0.39, 0.29) is 11.9 Å². The Hall–Kier alpha value is -1.10. The van der Waals surface area contributed by atoms with E-state index in [1.54, 1.807) is 25.3 Å². The van der Waals surface area contributed by atoms with Gasteiger partial charge in [-0.25, -0.2) is 4.39 Å². The molecule has 0 aliphatic rings. The predicted octanol–water partition coefficient (Wildman–Crippen LogP) is 4.49. The van der Waals surface area contributed by atoms with Gasteiger partial charge in [0.1, 0.15) is 11.6 Å². The van der Waals surface area contributed by atoms with Crippen molar-refractivity contribution in [2.45, 2.75) is 12.5 Å². The minimum absolute atomic E-state index is 0.292. The van der Waals surface area contributed by atoms with Gasteiger partial charge < -0.3 is 10.5 Å². The van der Waals surface area contributed by atoms with Crippen LogP contribution in [0.3, 0.4) is 0 Å². The third-order valence-corrected chi connectivity index (χ3v) is 3.66. The largest absolute Gasteiger partial charge is 0.496 e. The summed E-state index contributed by atoms with van der Waals surface area (Å²) in [6, 6.07) is 9.71. The van der Waals surface area contributed by atoms with Crippen LogP contribution in [0.4, 0.5) is 4.39 Å². The first kappa shape index (κ1) is 15.3. The zero-order valence-corrected chi connectivity index (χ0v) is 13.2. The monoisotopic (exact) mass is 357 g/mol. The molecule has 0 saturated heterocycles. The minimum Gasteiger partial charge on any atom is -0.496 e. The number of benzene rings is 2. The molecular formula is C15H14BrClFNO. The zero-order chi connectivity index (χ0) is 14.7. The summed E-state index contributed by atoms with van der Waals surface area (Å²) in [4.78, 5) is 0. The quantitative estimate of drug-likeness (QED) is 0.874. The maximum atomic E-state index is 13.4. The Morgan fingerprint density at radius 1 is 1.30 bits per heavy atom. The lowest BCUT2D eigenvalue weighted by Crippen LogP contribution is -2.14. The van der Waals surface area contributed by atoms with Gasteiger partial charge >= 0.3 is 0 Å². The smallest absolute Gasteiger partial charge is 0.124 e. The third-order valence-electron chi connectivity index (χ3n) is 2.97. The summed E-state index contributed by atoms with van der Waals surface area (Å²) >= 11 is 9.26. The first-order chi connectivity index (χ1) is 9.49. The Balaban J connectivity index is 2.27. The molecule has 5 heteroatoms. The number of rotatable bonds is 4. The van der Waals surface area contributed by atoms with E-state index in [1.807, 2.05) is 6.07 Å². The minimum atomic E-state index is -0.322. The predicted molar refractivity (Wildman–Crippen MR) is 82.7 cm³/mol. The molecule has 0 radical (unpaired) electrons. The van der Waals surface area contributed by atoms with Crippen molar-refractivity contribution >= 4 is 27.5 Å². The maximum absolute atomic E-state index is 13.4.